The fraction of sp³-hybridized carbons (Fsp3) is 0.133. The number of amides is 2. The van der Waals surface area contributed by atoms with Gasteiger partial charge in [-0.2, -0.15) is 4.98 Å². The van der Waals surface area contributed by atoms with E-state index in [4.69, 9.17) is 4.98 Å². The highest BCUT2D eigenvalue weighted by Crippen LogP contribution is 2.34. The number of hydrogen-bond donors (Lipinski definition) is 2. The monoisotopic (exact) mass is 1130 g/mol. The third-order valence-corrected chi connectivity index (χ3v) is 13.7. The number of pyridine rings is 2. The first-order chi connectivity index (χ1) is 39.2. The van der Waals surface area contributed by atoms with E-state index >= 15 is 8.78 Å². The lowest BCUT2D eigenvalue weighted by molar-refractivity contribution is 0.101. The topological polar surface area (TPSA) is 177 Å². The zero-order valence-corrected chi connectivity index (χ0v) is 45.4. The molecule has 0 saturated heterocycles. The van der Waals surface area contributed by atoms with Crippen molar-refractivity contribution in [2.75, 3.05) is 56.0 Å². The van der Waals surface area contributed by atoms with E-state index in [9.17, 15) is 40.9 Å². The molecule has 0 bridgehead atoms. The number of anilines is 3. The molecule has 15 nitrogen and oxygen atoms in total. The average Bonchev–Trinajstić information content (AvgIpc) is 3.63. The van der Waals surface area contributed by atoms with E-state index in [2.05, 4.69) is 25.6 Å². The minimum absolute atomic E-state index is 0.00812. The van der Waals surface area contributed by atoms with Gasteiger partial charge >= 0.3 is 0 Å². The second-order valence-corrected chi connectivity index (χ2v) is 20.3. The average molecular weight is 1140 g/mol. The standard InChI is InChI=1S/C32H29F3N6O2.C28H19F3N4O3S/c1-19-8-9-20(31(43)36-22-12-10-21(33)11-13-22)18-24(19)28-23-14-15-27(42)41(29-25(34)6-5-7-26(29)35)30(23)38-32(37-28)40(4)17-16-39(2)3;1-15-6-7-16(27(37)32-18-10-8-17(29)9-11-18)14-20(15)24-19-12-13-23(36)35(25-21(30)4-3-5-22(25)31)26(19)34-28(33-24)39(2)38/h5-15,18H,16-17H2,1-4H3,(H,36,43);3-14H,1-2H3,(H,32,37). The van der Waals surface area contributed by atoms with Crippen LogP contribution in [0.4, 0.5) is 43.7 Å². The third-order valence-electron chi connectivity index (χ3n) is 13.0. The van der Waals surface area contributed by atoms with Crippen LogP contribution in [0.15, 0.2) is 160 Å². The number of aryl methyl sites for hydroxylation is 2. The number of nitrogens with one attached hydrogen (secondary N) is 2. The van der Waals surface area contributed by atoms with Crippen molar-refractivity contribution in [3.05, 3.63) is 223 Å². The zero-order chi connectivity index (χ0) is 58.7. The summed E-state index contributed by atoms with van der Waals surface area (Å²) >= 11 is 0. The number of fused-ring (bicyclic) bond motifs is 2. The zero-order valence-electron chi connectivity index (χ0n) is 44.6. The molecule has 82 heavy (non-hydrogen) atoms. The van der Waals surface area contributed by atoms with Crippen LogP contribution in [0.1, 0.15) is 31.8 Å². The summed E-state index contributed by atoms with van der Waals surface area (Å²) < 4.78 is 100. The molecule has 416 valence electrons. The molecule has 2 amide bonds. The number of rotatable bonds is 13. The van der Waals surface area contributed by atoms with Gasteiger partial charge in [0.1, 0.15) is 46.3 Å². The molecule has 0 aliphatic carbocycles. The summed E-state index contributed by atoms with van der Waals surface area (Å²) in [6, 6.07) is 32.4. The number of aromatic nitrogens is 6. The molecule has 0 aliphatic heterocycles. The maximum atomic E-state index is 15.0. The van der Waals surface area contributed by atoms with Gasteiger partial charge in [-0.05, 0) is 148 Å². The van der Waals surface area contributed by atoms with Crippen LogP contribution in [0.25, 0.3) is 56.0 Å². The molecular formula is C60H48F6N10O5S. The number of halogens is 6. The first kappa shape index (κ1) is 57.0. The number of hydrogen-bond acceptors (Lipinski definition) is 11. The van der Waals surface area contributed by atoms with E-state index in [0.29, 0.717) is 57.8 Å². The highest BCUT2D eigenvalue weighted by Gasteiger charge is 2.25. The molecule has 1 atom stereocenters. The van der Waals surface area contributed by atoms with Crippen LogP contribution < -0.4 is 26.7 Å². The van der Waals surface area contributed by atoms with Crippen molar-refractivity contribution in [2.45, 2.75) is 19.0 Å². The van der Waals surface area contributed by atoms with Gasteiger partial charge in [-0.1, -0.05) is 24.3 Å². The number of nitrogens with zero attached hydrogens (tertiary/aromatic N) is 8. The smallest absolute Gasteiger partial charge is 0.256 e. The van der Waals surface area contributed by atoms with Gasteiger partial charge in [-0.3, -0.25) is 32.5 Å². The van der Waals surface area contributed by atoms with E-state index in [1.807, 2.05) is 25.9 Å². The maximum absolute atomic E-state index is 15.0. The van der Waals surface area contributed by atoms with Gasteiger partial charge in [0.25, 0.3) is 22.9 Å². The van der Waals surface area contributed by atoms with E-state index < -0.39 is 80.0 Å². The molecule has 22 heteroatoms. The quantitative estimate of drug-likeness (QED) is 0.0829. The fourth-order valence-electron chi connectivity index (χ4n) is 8.71. The van der Waals surface area contributed by atoms with E-state index in [0.717, 1.165) is 45.0 Å². The number of benzene rings is 6. The van der Waals surface area contributed by atoms with Gasteiger partial charge in [-0.25, -0.2) is 41.3 Å². The molecule has 0 radical (unpaired) electrons. The molecule has 6 aromatic carbocycles. The SMILES string of the molecule is Cc1ccc(C(=O)Nc2ccc(F)cc2)cc1-c1nc(N(C)CCN(C)C)nc2c1ccc(=O)n2-c1c(F)cccc1F.Cc1ccc(C(=O)Nc2ccc(F)cc2)cc1-c1nc(S(C)=O)nc2c1ccc(=O)n2-c1c(F)cccc1F. The predicted octanol–water partition coefficient (Wildman–Crippen LogP) is 10.6. The van der Waals surface area contributed by atoms with Crippen molar-refractivity contribution in [2.24, 2.45) is 0 Å². The summed E-state index contributed by atoms with van der Waals surface area (Å²) in [5.41, 5.74) is 1.61. The van der Waals surface area contributed by atoms with Crippen LogP contribution in [-0.2, 0) is 10.8 Å². The molecule has 10 aromatic rings. The number of para-hydroxylation sites is 2. The second kappa shape index (κ2) is 24.0. The van der Waals surface area contributed by atoms with Crippen LogP contribution >= 0.6 is 0 Å². The number of carbonyl (C=O) groups is 2. The molecule has 0 fully saturated rings. The molecule has 4 heterocycles. The lowest BCUT2D eigenvalue weighted by Gasteiger charge is -2.22. The highest BCUT2D eigenvalue weighted by molar-refractivity contribution is 7.84. The van der Waals surface area contributed by atoms with E-state index in [1.54, 1.807) is 55.3 Å². The van der Waals surface area contributed by atoms with E-state index in [-0.39, 0.29) is 39.0 Å². The summed E-state index contributed by atoms with van der Waals surface area (Å²) in [6.45, 7) is 4.78. The predicted molar refractivity (Wildman–Crippen MR) is 303 cm³/mol. The Bertz CT molecular complexity index is 4260. The lowest BCUT2D eigenvalue weighted by Crippen LogP contribution is -2.30. The largest absolute Gasteiger partial charge is 0.343 e. The first-order valence-corrected chi connectivity index (χ1v) is 26.5. The Labute approximate surface area is 466 Å². The van der Waals surface area contributed by atoms with Gasteiger partial charge in [-0.15, -0.1) is 0 Å². The van der Waals surface area contributed by atoms with Gasteiger partial charge < -0.3 is 20.4 Å². The molecule has 0 spiro atoms. The molecule has 0 saturated carbocycles. The van der Waals surface area contributed by atoms with Crippen LogP contribution in [0.3, 0.4) is 0 Å². The summed E-state index contributed by atoms with van der Waals surface area (Å²) in [4.78, 5) is 74.1. The Morgan fingerprint density at radius 3 is 1.35 bits per heavy atom. The molecule has 10 rings (SSSR count). The number of likely N-dealkylation sites (N-methyl/N-ethyl adjacent to an activating group) is 2. The minimum atomic E-state index is -1.74. The van der Waals surface area contributed by atoms with Gasteiger partial charge in [0, 0.05) is 82.9 Å². The molecule has 0 aliphatic rings. The number of carbonyl (C=O) groups excluding carboxylic acids is 2. The third kappa shape index (κ3) is 12.1. The highest BCUT2D eigenvalue weighted by atomic mass is 32.2. The summed E-state index contributed by atoms with van der Waals surface area (Å²) in [5.74, 6) is -5.38. The van der Waals surface area contributed by atoms with Crippen LogP contribution in [0.2, 0.25) is 0 Å². The van der Waals surface area contributed by atoms with Crippen molar-refractivity contribution in [3.63, 3.8) is 0 Å². The van der Waals surface area contributed by atoms with Crippen molar-refractivity contribution in [1.29, 1.82) is 0 Å². The lowest BCUT2D eigenvalue weighted by atomic mass is 9.99. The van der Waals surface area contributed by atoms with Crippen molar-refractivity contribution >= 4 is 62.0 Å². The molecule has 2 N–H and O–H groups in total. The Morgan fingerprint density at radius 1 is 0.524 bits per heavy atom. The van der Waals surface area contributed by atoms with Crippen LogP contribution in [0.5, 0.6) is 0 Å². The Balaban J connectivity index is 0.000000198. The summed E-state index contributed by atoms with van der Waals surface area (Å²) in [6.07, 6.45) is 1.33. The Hall–Kier alpha value is -9.67. The summed E-state index contributed by atoms with van der Waals surface area (Å²) in [5, 5.41) is 5.86. The van der Waals surface area contributed by atoms with Crippen molar-refractivity contribution < 1.29 is 40.1 Å². The summed E-state index contributed by atoms with van der Waals surface area (Å²) in [7, 11) is 3.89. The molecular weight excluding hydrogens is 1090 g/mol. The second-order valence-electron chi connectivity index (χ2n) is 19.0. The minimum Gasteiger partial charge on any atom is -0.343 e. The Morgan fingerprint density at radius 2 is 0.939 bits per heavy atom. The van der Waals surface area contributed by atoms with Crippen LogP contribution in [-0.4, -0.2) is 90.5 Å². The van der Waals surface area contributed by atoms with Gasteiger partial charge in [0.15, 0.2) is 11.3 Å². The van der Waals surface area contributed by atoms with Crippen molar-refractivity contribution in [1.82, 2.24) is 34.0 Å². The first-order valence-electron chi connectivity index (χ1n) is 25.0. The van der Waals surface area contributed by atoms with E-state index in [1.165, 1.54) is 85.1 Å². The maximum Gasteiger partial charge on any atom is 0.256 e. The fourth-order valence-corrected chi connectivity index (χ4v) is 9.14. The Kier molecular flexibility index (Phi) is 16.7. The van der Waals surface area contributed by atoms with Crippen LogP contribution in [0, 0.1) is 48.8 Å². The molecule has 1 unspecified atom stereocenters. The molecule has 4 aromatic heterocycles. The van der Waals surface area contributed by atoms with Crippen molar-refractivity contribution in [3.8, 4) is 33.9 Å². The normalized spacial score (nSPS) is 11.6. The van der Waals surface area contributed by atoms with Gasteiger partial charge in [0.05, 0.1) is 22.2 Å². The van der Waals surface area contributed by atoms with Gasteiger partial charge in [0.2, 0.25) is 11.1 Å².